The Morgan fingerprint density at radius 2 is 1.85 bits per heavy atom. The molecule has 2 aromatic carbocycles. The Balaban J connectivity index is 1.56. The minimum absolute atomic E-state index is 0.146. The molecule has 144 valence electrons. The van der Waals surface area contributed by atoms with E-state index in [2.05, 4.69) is 10.6 Å². The van der Waals surface area contributed by atoms with Crippen LogP contribution in [0.2, 0.25) is 0 Å². The van der Waals surface area contributed by atoms with E-state index in [1.807, 2.05) is 4.90 Å². The summed E-state index contributed by atoms with van der Waals surface area (Å²) in [7, 11) is 3.06. The third-order valence-corrected chi connectivity index (χ3v) is 4.64. The number of amides is 1. The molecule has 0 saturated carbocycles. The van der Waals surface area contributed by atoms with Crippen LogP contribution in [0, 0.1) is 0 Å². The average Bonchev–Trinajstić information content (AvgIpc) is 3.20. The first-order valence-corrected chi connectivity index (χ1v) is 8.89. The maximum Gasteiger partial charge on any atom is 0.253 e. The van der Waals surface area contributed by atoms with Gasteiger partial charge < -0.3 is 25.0 Å². The summed E-state index contributed by atoms with van der Waals surface area (Å²) in [4.78, 5) is 37.8. The molecule has 3 rings (SSSR count). The summed E-state index contributed by atoms with van der Waals surface area (Å²) in [5, 5.41) is 5.72. The van der Waals surface area contributed by atoms with Gasteiger partial charge in [0.1, 0.15) is 22.9 Å². The van der Waals surface area contributed by atoms with Crippen LogP contribution in [0.15, 0.2) is 27.8 Å². The highest BCUT2D eigenvalue weighted by atomic mass is 16.5. The highest BCUT2D eigenvalue weighted by Gasteiger charge is 2.27. The molecule has 1 saturated heterocycles. The topological polar surface area (TPSA) is 97.0 Å². The van der Waals surface area contributed by atoms with Crippen LogP contribution in [-0.2, 0) is 4.79 Å². The average molecular weight is 373 g/mol. The minimum atomic E-state index is -0.505. The molecule has 1 aliphatic heterocycles. The number of methoxy groups -OCH3 is 2. The van der Waals surface area contributed by atoms with E-state index < -0.39 is 10.9 Å². The number of anilines is 3. The standard InChI is InChI=1S/C19H23N3O5/c1-26-12-5-6-13(14(11-12)27-2)21-15(23)7-8-20-16-17(19(25)18(16)24)22-9-3-4-10-22/h5-6,11,20H,3-4,7-10H2,1-2H3,(H,21,23). The van der Waals surface area contributed by atoms with Gasteiger partial charge in [-0.2, -0.15) is 0 Å². The molecular weight excluding hydrogens is 350 g/mol. The van der Waals surface area contributed by atoms with Crippen LogP contribution in [0.5, 0.6) is 11.5 Å². The van der Waals surface area contributed by atoms with Crippen molar-refractivity contribution in [3.05, 3.63) is 38.6 Å². The Hall–Kier alpha value is -3.03. The van der Waals surface area contributed by atoms with E-state index in [1.165, 1.54) is 7.11 Å². The number of ether oxygens (including phenoxy) is 2. The van der Waals surface area contributed by atoms with Crippen molar-refractivity contribution in [2.75, 3.05) is 49.4 Å². The molecule has 0 radical (unpaired) electrons. The van der Waals surface area contributed by atoms with E-state index in [4.69, 9.17) is 9.47 Å². The van der Waals surface area contributed by atoms with Gasteiger partial charge >= 0.3 is 0 Å². The van der Waals surface area contributed by atoms with Gasteiger partial charge in [-0.25, -0.2) is 0 Å². The largest absolute Gasteiger partial charge is 0.497 e. The van der Waals surface area contributed by atoms with E-state index in [0.29, 0.717) is 28.6 Å². The van der Waals surface area contributed by atoms with Crippen molar-refractivity contribution in [3.63, 3.8) is 0 Å². The molecule has 0 bridgehead atoms. The number of hydrogen-bond acceptors (Lipinski definition) is 7. The summed E-state index contributed by atoms with van der Waals surface area (Å²) in [6.45, 7) is 1.84. The van der Waals surface area contributed by atoms with Gasteiger partial charge in [-0.1, -0.05) is 0 Å². The molecule has 8 nitrogen and oxygen atoms in total. The van der Waals surface area contributed by atoms with Gasteiger partial charge in [0, 0.05) is 32.1 Å². The first kappa shape index (κ1) is 18.8. The van der Waals surface area contributed by atoms with Crippen LogP contribution >= 0.6 is 0 Å². The van der Waals surface area contributed by atoms with Crippen LogP contribution in [0.25, 0.3) is 0 Å². The van der Waals surface area contributed by atoms with Crippen molar-refractivity contribution in [3.8, 4) is 11.5 Å². The predicted octanol–water partition coefficient (Wildman–Crippen LogP) is 1.34. The Morgan fingerprint density at radius 3 is 2.52 bits per heavy atom. The van der Waals surface area contributed by atoms with Crippen molar-refractivity contribution in [2.24, 2.45) is 0 Å². The number of rotatable bonds is 8. The van der Waals surface area contributed by atoms with Crippen molar-refractivity contribution in [1.82, 2.24) is 0 Å². The van der Waals surface area contributed by atoms with E-state index >= 15 is 0 Å². The maximum atomic E-state index is 12.2. The molecule has 0 aromatic heterocycles. The number of benzene rings is 1. The molecule has 8 heteroatoms. The number of nitrogens with zero attached hydrogens (tertiary/aromatic N) is 1. The van der Waals surface area contributed by atoms with Gasteiger partial charge in [0.15, 0.2) is 0 Å². The summed E-state index contributed by atoms with van der Waals surface area (Å²) in [6.07, 6.45) is 2.18. The lowest BCUT2D eigenvalue weighted by Crippen LogP contribution is -2.42. The number of nitrogens with one attached hydrogen (secondary N) is 2. The van der Waals surface area contributed by atoms with Crippen molar-refractivity contribution >= 4 is 23.0 Å². The van der Waals surface area contributed by atoms with E-state index in [9.17, 15) is 14.4 Å². The van der Waals surface area contributed by atoms with Crippen molar-refractivity contribution < 1.29 is 14.3 Å². The summed E-state index contributed by atoms with van der Waals surface area (Å²) in [5.41, 5.74) is 0.391. The SMILES string of the molecule is COc1ccc(NC(=O)CCNc2c(N3CCCC3)c(=O)c2=O)c(OC)c1. The molecule has 1 heterocycles. The lowest BCUT2D eigenvalue weighted by Gasteiger charge is -2.22. The molecule has 1 amide bonds. The molecule has 2 N–H and O–H groups in total. The molecule has 0 spiro atoms. The number of carbonyl (C=O) groups excluding carboxylic acids is 1. The molecular formula is C19H23N3O5. The lowest BCUT2D eigenvalue weighted by atomic mass is 10.1. The van der Waals surface area contributed by atoms with Gasteiger partial charge in [-0.15, -0.1) is 0 Å². The molecule has 0 unspecified atom stereocenters. The third-order valence-electron chi connectivity index (χ3n) is 4.64. The second kappa shape index (κ2) is 8.11. The van der Waals surface area contributed by atoms with Crippen LogP contribution in [0.1, 0.15) is 19.3 Å². The summed E-state index contributed by atoms with van der Waals surface area (Å²) in [5.74, 6) is 0.892. The normalized spacial score (nSPS) is 13.6. The third kappa shape index (κ3) is 3.89. The van der Waals surface area contributed by atoms with Crippen LogP contribution in [0.4, 0.5) is 17.1 Å². The molecule has 0 atom stereocenters. The molecule has 1 aliphatic rings. The van der Waals surface area contributed by atoms with Gasteiger partial charge in [0.2, 0.25) is 5.91 Å². The molecule has 0 aliphatic carbocycles. The molecule has 1 fully saturated rings. The lowest BCUT2D eigenvalue weighted by molar-refractivity contribution is -0.116. The zero-order valence-electron chi connectivity index (χ0n) is 15.5. The Kier molecular flexibility index (Phi) is 5.63. The van der Waals surface area contributed by atoms with E-state index in [1.54, 1.807) is 25.3 Å². The summed E-state index contributed by atoms with van der Waals surface area (Å²) in [6, 6.07) is 5.10. The molecule has 2 aromatic rings. The zero-order valence-corrected chi connectivity index (χ0v) is 15.5. The van der Waals surface area contributed by atoms with E-state index in [0.717, 1.165) is 25.9 Å². The van der Waals surface area contributed by atoms with Crippen molar-refractivity contribution in [1.29, 1.82) is 0 Å². The summed E-state index contributed by atoms with van der Waals surface area (Å²) < 4.78 is 10.4. The fourth-order valence-corrected chi connectivity index (χ4v) is 3.20. The van der Waals surface area contributed by atoms with Gasteiger partial charge in [0.05, 0.1) is 19.9 Å². The zero-order chi connectivity index (χ0) is 19.4. The van der Waals surface area contributed by atoms with Gasteiger partial charge in [-0.05, 0) is 25.0 Å². The van der Waals surface area contributed by atoms with Crippen molar-refractivity contribution in [2.45, 2.75) is 19.3 Å². The van der Waals surface area contributed by atoms with E-state index in [-0.39, 0.29) is 18.9 Å². The van der Waals surface area contributed by atoms with Crippen LogP contribution in [0.3, 0.4) is 0 Å². The van der Waals surface area contributed by atoms with Gasteiger partial charge in [0.25, 0.3) is 10.9 Å². The quantitative estimate of drug-likeness (QED) is 0.674. The Morgan fingerprint density at radius 1 is 1.11 bits per heavy atom. The second-order valence-electron chi connectivity index (χ2n) is 6.37. The van der Waals surface area contributed by atoms with Crippen LogP contribution in [-0.4, -0.2) is 39.8 Å². The fraction of sp³-hybridized carbons (Fsp3) is 0.421. The molecule has 27 heavy (non-hydrogen) atoms. The predicted molar refractivity (Wildman–Crippen MR) is 104 cm³/mol. The maximum absolute atomic E-state index is 12.2. The van der Waals surface area contributed by atoms with Gasteiger partial charge in [-0.3, -0.25) is 14.4 Å². The number of hydrogen-bond donors (Lipinski definition) is 2. The first-order valence-electron chi connectivity index (χ1n) is 8.89. The first-order chi connectivity index (χ1) is 13.0. The smallest absolute Gasteiger partial charge is 0.253 e. The highest BCUT2D eigenvalue weighted by Crippen LogP contribution is 2.29. The summed E-state index contributed by atoms with van der Waals surface area (Å²) >= 11 is 0. The van der Waals surface area contributed by atoms with Crippen LogP contribution < -0.4 is 35.9 Å². The second-order valence-corrected chi connectivity index (χ2v) is 6.37. The minimum Gasteiger partial charge on any atom is -0.497 e. The highest BCUT2D eigenvalue weighted by molar-refractivity contribution is 5.92. The Labute approximate surface area is 156 Å². The Bertz CT molecular complexity index is 895. The fourth-order valence-electron chi connectivity index (χ4n) is 3.20. The monoisotopic (exact) mass is 373 g/mol. The number of carbonyl (C=O) groups is 1.